The van der Waals surface area contributed by atoms with Crippen LogP contribution in [0.5, 0.6) is 0 Å². The fraction of sp³-hybridized carbons (Fsp3) is 0.647. The molecule has 122 valence electrons. The first-order chi connectivity index (χ1) is 10.7. The van der Waals surface area contributed by atoms with Crippen molar-refractivity contribution in [3.63, 3.8) is 0 Å². The van der Waals surface area contributed by atoms with Gasteiger partial charge in [-0.05, 0) is 25.1 Å². The van der Waals surface area contributed by atoms with Gasteiger partial charge in [0.2, 0.25) is 0 Å². The average molecular weight is 304 g/mol. The van der Waals surface area contributed by atoms with E-state index in [9.17, 15) is 4.79 Å². The second-order valence-corrected chi connectivity index (χ2v) is 5.90. The number of piperazine rings is 1. The van der Waals surface area contributed by atoms with Crippen molar-refractivity contribution in [3.05, 3.63) is 24.0 Å². The lowest BCUT2D eigenvalue weighted by Crippen LogP contribution is -2.46. The smallest absolute Gasteiger partial charge is 0.272 e. The Labute approximate surface area is 133 Å². The first-order valence-corrected chi connectivity index (χ1v) is 8.34. The summed E-state index contributed by atoms with van der Waals surface area (Å²) in [7, 11) is 1.84. The van der Waals surface area contributed by atoms with Crippen molar-refractivity contribution < 1.29 is 4.79 Å². The Balaban J connectivity index is 1.94. The van der Waals surface area contributed by atoms with Crippen LogP contribution in [0.15, 0.2) is 18.3 Å². The molecule has 0 radical (unpaired) electrons. The number of amides is 1. The predicted octanol–water partition coefficient (Wildman–Crippen LogP) is 2.10. The van der Waals surface area contributed by atoms with E-state index in [1.54, 1.807) is 4.90 Å². The minimum absolute atomic E-state index is 0.0100. The van der Waals surface area contributed by atoms with E-state index in [-0.39, 0.29) is 5.91 Å². The molecule has 0 saturated carbocycles. The van der Waals surface area contributed by atoms with Crippen molar-refractivity contribution in [2.75, 3.05) is 51.2 Å². The van der Waals surface area contributed by atoms with Gasteiger partial charge in [0, 0.05) is 39.8 Å². The molecule has 2 heterocycles. The van der Waals surface area contributed by atoms with Crippen LogP contribution in [-0.4, -0.2) is 67.0 Å². The number of likely N-dealkylation sites (N-methyl/N-ethyl adjacent to an activating group) is 1. The molecular weight excluding hydrogens is 276 g/mol. The lowest BCUT2D eigenvalue weighted by Gasteiger charge is -2.35. The standard InChI is InChI=1S/C17H28N4O/c1-4-6-9-19(3)17(22)16-8-7-15(14-18-16)21-12-10-20(5-2)11-13-21/h7-8,14H,4-6,9-13H2,1-3H3. The van der Waals surface area contributed by atoms with Crippen LogP contribution in [0.25, 0.3) is 0 Å². The average Bonchev–Trinajstić information content (AvgIpc) is 2.59. The summed E-state index contributed by atoms with van der Waals surface area (Å²) in [5.41, 5.74) is 1.65. The number of nitrogens with zero attached hydrogens (tertiary/aromatic N) is 4. The number of hydrogen-bond acceptors (Lipinski definition) is 4. The van der Waals surface area contributed by atoms with E-state index in [1.807, 2.05) is 25.4 Å². The van der Waals surface area contributed by atoms with E-state index in [0.29, 0.717) is 5.69 Å². The highest BCUT2D eigenvalue weighted by molar-refractivity contribution is 5.92. The zero-order chi connectivity index (χ0) is 15.9. The fourth-order valence-corrected chi connectivity index (χ4v) is 2.71. The number of pyridine rings is 1. The van der Waals surface area contributed by atoms with E-state index in [1.165, 1.54) is 0 Å². The van der Waals surface area contributed by atoms with Crippen molar-refractivity contribution in [3.8, 4) is 0 Å². The van der Waals surface area contributed by atoms with Crippen molar-refractivity contribution in [1.82, 2.24) is 14.8 Å². The quantitative estimate of drug-likeness (QED) is 0.807. The molecule has 1 aliphatic heterocycles. The van der Waals surface area contributed by atoms with Crippen molar-refractivity contribution in [2.24, 2.45) is 0 Å². The molecule has 1 aromatic heterocycles. The number of anilines is 1. The maximum atomic E-state index is 12.3. The molecule has 0 atom stereocenters. The highest BCUT2D eigenvalue weighted by Gasteiger charge is 2.17. The van der Waals surface area contributed by atoms with Gasteiger partial charge in [0.05, 0.1) is 11.9 Å². The summed E-state index contributed by atoms with van der Waals surface area (Å²) < 4.78 is 0. The summed E-state index contributed by atoms with van der Waals surface area (Å²) in [6, 6.07) is 3.88. The Kier molecular flexibility index (Phi) is 6.19. The van der Waals surface area contributed by atoms with E-state index in [2.05, 4.69) is 28.6 Å². The maximum Gasteiger partial charge on any atom is 0.272 e. The van der Waals surface area contributed by atoms with Gasteiger partial charge in [-0.15, -0.1) is 0 Å². The molecule has 0 bridgehead atoms. The Morgan fingerprint density at radius 3 is 2.50 bits per heavy atom. The molecule has 0 aliphatic carbocycles. The van der Waals surface area contributed by atoms with Gasteiger partial charge < -0.3 is 14.7 Å². The predicted molar refractivity (Wildman–Crippen MR) is 90.4 cm³/mol. The van der Waals surface area contributed by atoms with E-state index in [0.717, 1.165) is 57.8 Å². The van der Waals surface area contributed by atoms with Gasteiger partial charge in [-0.25, -0.2) is 4.98 Å². The molecule has 5 nitrogen and oxygen atoms in total. The number of carbonyl (C=O) groups excluding carboxylic acids is 1. The number of rotatable bonds is 6. The third kappa shape index (κ3) is 4.19. The fourth-order valence-electron chi connectivity index (χ4n) is 2.71. The molecular formula is C17H28N4O. The third-order valence-corrected chi connectivity index (χ3v) is 4.35. The largest absolute Gasteiger partial charge is 0.368 e. The molecule has 1 aliphatic rings. The summed E-state index contributed by atoms with van der Waals surface area (Å²) >= 11 is 0. The lowest BCUT2D eigenvalue weighted by atomic mass is 10.2. The van der Waals surface area contributed by atoms with Crippen LogP contribution in [-0.2, 0) is 0 Å². The van der Waals surface area contributed by atoms with Gasteiger partial charge in [0.15, 0.2) is 0 Å². The Morgan fingerprint density at radius 1 is 1.23 bits per heavy atom. The molecule has 0 aromatic carbocycles. The van der Waals surface area contributed by atoms with Crippen LogP contribution in [0.1, 0.15) is 37.2 Å². The molecule has 0 N–H and O–H groups in total. The second kappa shape index (κ2) is 8.13. The first-order valence-electron chi connectivity index (χ1n) is 8.34. The van der Waals surface area contributed by atoms with Crippen LogP contribution >= 0.6 is 0 Å². The zero-order valence-corrected chi connectivity index (χ0v) is 14.1. The molecule has 22 heavy (non-hydrogen) atoms. The molecule has 1 amide bonds. The lowest BCUT2D eigenvalue weighted by molar-refractivity contribution is 0.0787. The molecule has 0 unspecified atom stereocenters. The van der Waals surface area contributed by atoms with Gasteiger partial charge in [0.25, 0.3) is 5.91 Å². The van der Waals surface area contributed by atoms with E-state index >= 15 is 0 Å². The maximum absolute atomic E-state index is 12.3. The van der Waals surface area contributed by atoms with Crippen LogP contribution in [0.2, 0.25) is 0 Å². The Hall–Kier alpha value is -1.62. The van der Waals surface area contributed by atoms with Gasteiger partial charge >= 0.3 is 0 Å². The number of aromatic nitrogens is 1. The summed E-state index contributed by atoms with van der Waals surface area (Å²) in [6.45, 7) is 10.5. The highest BCUT2D eigenvalue weighted by atomic mass is 16.2. The van der Waals surface area contributed by atoms with E-state index < -0.39 is 0 Å². The Bertz CT molecular complexity index is 466. The molecule has 1 saturated heterocycles. The van der Waals surface area contributed by atoms with Crippen molar-refractivity contribution in [2.45, 2.75) is 26.7 Å². The summed E-state index contributed by atoms with van der Waals surface area (Å²) in [5, 5.41) is 0. The Morgan fingerprint density at radius 2 is 1.95 bits per heavy atom. The van der Waals surface area contributed by atoms with Crippen molar-refractivity contribution in [1.29, 1.82) is 0 Å². The molecule has 1 fully saturated rings. The van der Waals surface area contributed by atoms with Crippen LogP contribution in [0.4, 0.5) is 5.69 Å². The first kappa shape index (κ1) is 16.7. The molecule has 5 heteroatoms. The van der Waals surface area contributed by atoms with Crippen LogP contribution in [0, 0.1) is 0 Å². The normalized spacial score (nSPS) is 15.9. The minimum atomic E-state index is 0.0100. The monoisotopic (exact) mass is 304 g/mol. The van der Waals surface area contributed by atoms with Crippen molar-refractivity contribution >= 4 is 11.6 Å². The number of carbonyl (C=O) groups is 1. The van der Waals surface area contributed by atoms with Crippen LogP contribution in [0.3, 0.4) is 0 Å². The topological polar surface area (TPSA) is 39.7 Å². The number of unbranched alkanes of at least 4 members (excludes halogenated alkanes) is 1. The number of hydrogen-bond donors (Lipinski definition) is 0. The van der Waals surface area contributed by atoms with Crippen LogP contribution < -0.4 is 4.90 Å². The zero-order valence-electron chi connectivity index (χ0n) is 14.1. The van der Waals surface area contributed by atoms with Gasteiger partial charge in [-0.1, -0.05) is 20.3 Å². The minimum Gasteiger partial charge on any atom is -0.368 e. The molecule has 0 spiro atoms. The summed E-state index contributed by atoms with van der Waals surface area (Å²) in [5.74, 6) is 0.0100. The SMILES string of the molecule is CCCCN(C)C(=O)c1ccc(N2CCN(CC)CC2)cn1. The second-order valence-electron chi connectivity index (χ2n) is 5.90. The molecule has 2 rings (SSSR count). The van der Waals surface area contributed by atoms with Gasteiger partial charge in [0.1, 0.15) is 5.69 Å². The highest BCUT2D eigenvalue weighted by Crippen LogP contribution is 2.16. The summed E-state index contributed by atoms with van der Waals surface area (Å²) in [6.07, 6.45) is 3.96. The van der Waals surface area contributed by atoms with E-state index in [4.69, 9.17) is 0 Å². The summed E-state index contributed by atoms with van der Waals surface area (Å²) in [4.78, 5) is 23.2. The third-order valence-electron chi connectivity index (χ3n) is 4.35. The van der Waals surface area contributed by atoms with Gasteiger partial charge in [-0.3, -0.25) is 4.79 Å². The molecule has 1 aromatic rings. The van der Waals surface area contributed by atoms with Gasteiger partial charge in [-0.2, -0.15) is 0 Å².